The summed E-state index contributed by atoms with van der Waals surface area (Å²) < 4.78 is 5.59. The molecule has 4 rings (SSSR count). The Hall–Kier alpha value is -0.860. The average Bonchev–Trinajstić information content (AvgIpc) is 3.16. The van der Waals surface area contributed by atoms with E-state index in [1.165, 1.54) is 57.3 Å². The molecular formula is C22H32NO. The lowest BCUT2D eigenvalue weighted by Crippen LogP contribution is -2.40. The highest BCUT2D eigenvalue weighted by Crippen LogP contribution is 2.56. The lowest BCUT2D eigenvalue weighted by atomic mass is 9.58. The van der Waals surface area contributed by atoms with E-state index in [2.05, 4.69) is 49.1 Å². The van der Waals surface area contributed by atoms with Gasteiger partial charge in [0.2, 0.25) is 0 Å². The highest BCUT2D eigenvalue weighted by atomic mass is 16.5. The molecule has 131 valence electrons. The fraction of sp³-hybridized carbons (Fsp3) is 0.682. The van der Waals surface area contributed by atoms with E-state index in [9.17, 15) is 0 Å². The van der Waals surface area contributed by atoms with E-state index in [-0.39, 0.29) is 0 Å². The molecule has 3 aliphatic rings. The molecule has 2 aliphatic heterocycles. The number of likely N-dealkylation sites (tertiary alicyclic amines) is 1. The number of rotatable bonds is 3. The molecule has 1 aromatic rings. The second-order valence-corrected chi connectivity index (χ2v) is 9.03. The van der Waals surface area contributed by atoms with Gasteiger partial charge in [-0.25, -0.2) is 0 Å². The molecule has 1 atom stereocenters. The first-order chi connectivity index (χ1) is 11.6. The van der Waals surface area contributed by atoms with Gasteiger partial charge in [-0.1, -0.05) is 44.2 Å². The van der Waals surface area contributed by atoms with Gasteiger partial charge in [0, 0.05) is 32.2 Å². The largest absolute Gasteiger partial charge is 0.381 e. The van der Waals surface area contributed by atoms with Gasteiger partial charge in [-0.3, -0.25) is 0 Å². The quantitative estimate of drug-likeness (QED) is 0.808. The fourth-order valence-electron chi connectivity index (χ4n) is 5.47. The van der Waals surface area contributed by atoms with E-state index in [1.54, 1.807) is 5.92 Å². The lowest BCUT2D eigenvalue weighted by Gasteiger charge is -2.45. The van der Waals surface area contributed by atoms with E-state index in [0.717, 1.165) is 19.1 Å². The molecular weight excluding hydrogens is 294 g/mol. The Morgan fingerprint density at radius 2 is 1.83 bits per heavy atom. The van der Waals surface area contributed by atoms with Crippen molar-refractivity contribution in [1.29, 1.82) is 0 Å². The van der Waals surface area contributed by atoms with Crippen LogP contribution in [-0.4, -0.2) is 37.7 Å². The molecule has 2 nitrogen and oxygen atoms in total. The van der Waals surface area contributed by atoms with Crippen LogP contribution in [0.3, 0.4) is 0 Å². The zero-order valence-electron chi connectivity index (χ0n) is 15.4. The minimum absolute atomic E-state index is 0.439. The van der Waals surface area contributed by atoms with Crippen LogP contribution in [0.5, 0.6) is 0 Å². The molecule has 1 unspecified atom stereocenters. The van der Waals surface area contributed by atoms with Gasteiger partial charge in [0.15, 0.2) is 0 Å². The first kappa shape index (κ1) is 16.6. The Labute approximate surface area is 147 Å². The Kier molecular flexibility index (Phi) is 4.47. The second-order valence-electron chi connectivity index (χ2n) is 9.03. The van der Waals surface area contributed by atoms with Crippen molar-refractivity contribution in [3.8, 4) is 0 Å². The van der Waals surface area contributed by atoms with Crippen molar-refractivity contribution in [1.82, 2.24) is 4.90 Å². The third kappa shape index (κ3) is 3.04. The van der Waals surface area contributed by atoms with E-state index >= 15 is 0 Å². The van der Waals surface area contributed by atoms with Gasteiger partial charge < -0.3 is 9.64 Å². The van der Waals surface area contributed by atoms with E-state index in [4.69, 9.17) is 4.74 Å². The van der Waals surface area contributed by atoms with E-state index in [0.29, 0.717) is 10.8 Å². The monoisotopic (exact) mass is 326 g/mol. The maximum Gasteiger partial charge on any atom is 0.0507 e. The first-order valence-electron chi connectivity index (χ1n) is 9.78. The van der Waals surface area contributed by atoms with Crippen molar-refractivity contribution in [3.05, 3.63) is 41.8 Å². The second kappa shape index (κ2) is 6.46. The van der Waals surface area contributed by atoms with Crippen LogP contribution < -0.4 is 0 Å². The Morgan fingerprint density at radius 3 is 2.50 bits per heavy atom. The summed E-state index contributed by atoms with van der Waals surface area (Å²) in [7, 11) is 0. The molecule has 2 saturated heterocycles. The summed E-state index contributed by atoms with van der Waals surface area (Å²) in [5.41, 5.74) is 2.43. The summed E-state index contributed by atoms with van der Waals surface area (Å²) in [6, 6.07) is 11.1. The molecule has 0 aromatic heterocycles. The van der Waals surface area contributed by atoms with Gasteiger partial charge in [0.25, 0.3) is 0 Å². The van der Waals surface area contributed by atoms with Crippen LogP contribution in [0.25, 0.3) is 0 Å². The minimum Gasteiger partial charge on any atom is -0.381 e. The molecule has 1 aromatic carbocycles. The van der Waals surface area contributed by atoms with Crippen molar-refractivity contribution in [2.45, 2.75) is 46.0 Å². The fourth-order valence-corrected chi connectivity index (χ4v) is 5.47. The topological polar surface area (TPSA) is 12.5 Å². The van der Waals surface area contributed by atoms with Gasteiger partial charge in [0.05, 0.1) is 6.61 Å². The Balaban J connectivity index is 1.41. The van der Waals surface area contributed by atoms with Gasteiger partial charge in [0.1, 0.15) is 0 Å². The van der Waals surface area contributed by atoms with Crippen molar-refractivity contribution in [2.24, 2.45) is 16.7 Å². The van der Waals surface area contributed by atoms with Gasteiger partial charge in [-0.2, -0.15) is 0 Å². The molecule has 0 N–H and O–H groups in total. The molecule has 1 spiro atoms. The maximum absolute atomic E-state index is 5.59. The number of ether oxygens (including phenoxy) is 1. The van der Waals surface area contributed by atoms with Crippen LogP contribution in [0.15, 0.2) is 30.3 Å². The number of nitrogens with zero attached hydrogens (tertiary/aromatic N) is 1. The van der Waals surface area contributed by atoms with Crippen LogP contribution in [0.2, 0.25) is 0 Å². The summed E-state index contributed by atoms with van der Waals surface area (Å²) in [5, 5.41) is 0. The number of benzene rings is 1. The van der Waals surface area contributed by atoms with Crippen molar-refractivity contribution in [3.63, 3.8) is 0 Å². The molecule has 2 heterocycles. The smallest absolute Gasteiger partial charge is 0.0507 e. The summed E-state index contributed by atoms with van der Waals surface area (Å²) in [5.74, 6) is 2.45. The third-order valence-electron chi connectivity index (χ3n) is 7.11. The summed E-state index contributed by atoms with van der Waals surface area (Å²) in [4.78, 5) is 2.76. The standard InChI is InChI=1S/C22H32NO/c1-21(2)16-23(14-18-10-13-24-15-18)17-22(21)11-8-20(9-12-22)19-6-4-3-5-7-19/h3-7,18H,8-17H2,1-2H3. The summed E-state index contributed by atoms with van der Waals surface area (Å²) in [6.45, 7) is 10.8. The molecule has 0 amide bonds. The van der Waals surface area contributed by atoms with Crippen LogP contribution in [0.4, 0.5) is 0 Å². The third-order valence-corrected chi connectivity index (χ3v) is 7.11. The molecule has 24 heavy (non-hydrogen) atoms. The summed E-state index contributed by atoms with van der Waals surface area (Å²) in [6.07, 6.45) is 6.56. The van der Waals surface area contributed by atoms with Crippen molar-refractivity contribution in [2.75, 3.05) is 32.8 Å². The summed E-state index contributed by atoms with van der Waals surface area (Å²) >= 11 is 0. The predicted octanol–water partition coefficient (Wildman–Crippen LogP) is 4.55. The molecule has 1 aliphatic carbocycles. The zero-order chi connectivity index (χ0) is 16.6. The van der Waals surface area contributed by atoms with Crippen LogP contribution >= 0.6 is 0 Å². The van der Waals surface area contributed by atoms with Crippen LogP contribution in [-0.2, 0) is 4.74 Å². The van der Waals surface area contributed by atoms with E-state index < -0.39 is 0 Å². The van der Waals surface area contributed by atoms with Gasteiger partial charge >= 0.3 is 0 Å². The first-order valence-corrected chi connectivity index (χ1v) is 9.78. The van der Waals surface area contributed by atoms with Crippen LogP contribution in [0.1, 0.15) is 51.5 Å². The average molecular weight is 327 g/mol. The predicted molar refractivity (Wildman–Crippen MR) is 98.8 cm³/mol. The molecule has 3 fully saturated rings. The highest BCUT2D eigenvalue weighted by molar-refractivity contribution is 5.32. The Morgan fingerprint density at radius 1 is 1.08 bits per heavy atom. The highest BCUT2D eigenvalue weighted by Gasteiger charge is 2.53. The van der Waals surface area contributed by atoms with E-state index in [1.807, 2.05) is 0 Å². The number of hydrogen-bond acceptors (Lipinski definition) is 2. The molecule has 1 radical (unpaired) electrons. The number of hydrogen-bond donors (Lipinski definition) is 0. The lowest BCUT2D eigenvalue weighted by molar-refractivity contribution is 0.0874. The maximum atomic E-state index is 5.59. The Bertz CT molecular complexity index is 538. The van der Waals surface area contributed by atoms with Crippen molar-refractivity contribution < 1.29 is 4.74 Å². The van der Waals surface area contributed by atoms with Gasteiger partial charge in [-0.05, 0) is 54.4 Å². The van der Waals surface area contributed by atoms with Gasteiger partial charge in [-0.15, -0.1) is 0 Å². The zero-order valence-corrected chi connectivity index (χ0v) is 15.4. The SMILES string of the molecule is CC1(C)CN(CC2CCOC2)CC12CC[C](c1ccccc1)CC2. The van der Waals surface area contributed by atoms with Crippen LogP contribution in [0, 0.1) is 22.7 Å². The minimum atomic E-state index is 0.439. The normalized spacial score (nSPS) is 30.2. The van der Waals surface area contributed by atoms with Crippen molar-refractivity contribution >= 4 is 0 Å². The molecule has 1 saturated carbocycles. The molecule has 0 bridgehead atoms. The molecule has 2 heteroatoms.